The first-order valence-corrected chi connectivity index (χ1v) is 16.2. The highest BCUT2D eigenvalue weighted by atomic mass is 32.2. The van der Waals surface area contributed by atoms with Crippen LogP contribution in [0.2, 0.25) is 0 Å². The third kappa shape index (κ3) is 10.5. The largest absolute Gasteiger partial charge is 0.412 e. The zero-order chi connectivity index (χ0) is 32.9. The number of carbonyl (C=O) groups is 5. The fourth-order valence-electron chi connectivity index (χ4n) is 4.80. The second kappa shape index (κ2) is 17.2. The maximum absolute atomic E-state index is 12.7. The maximum atomic E-state index is 12.7. The number of anilines is 1. The van der Waals surface area contributed by atoms with Crippen molar-refractivity contribution in [2.24, 2.45) is 11.5 Å². The second-order valence-electron chi connectivity index (χ2n) is 11.0. The van der Waals surface area contributed by atoms with Crippen LogP contribution >= 0.6 is 11.8 Å². The van der Waals surface area contributed by atoms with Crippen LogP contribution < -0.4 is 26.8 Å². The van der Waals surface area contributed by atoms with Crippen molar-refractivity contribution >= 4 is 47.0 Å². The van der Waals surface area contributed by atoms with E-state index < -0.39 is 23.4 Å². The van der Waals surface area contributed by atoms with Crippen LogP contribution in [0.5, 0.6) is 5.75 Å². The Bertz CT molecular complexity index is 1490. The molecule has 12 heteroatoms. The number of nitrogens with one attached hydrogen (secondary N) is 2. The van der Waals surface area contributed by atoms with Gasteiger partial charge in [-0.25, -0.2) is 4.79 Å². The van der Waals surface area contributed by atoms with Gasteiger partial charge in [0.05, 0.1) is 23.9 Å². The molecular formula is C34H39N5O6S. The van der Waals surface area contributed by atoms with Gasteiger partial charge < -0.3 is 26.8 Å². The van der Waals surface area contributed by atoms with E-state index >= 15 is 0 Å². The second-order valence-corrected chi connectivity index (χ2v) is 12.3. The van der Waals surface area contributed by atoms with Gasteiger partial charge in [-0.15, -0.1) is 11.8 Å². The van der Waals surface area contributed by atoms with E-state index in [1.54, 1.807) is 36.4 Å². The minimum atomic E-state index is -0.751. The number of nitrogens with zero attached hydrogens (tertiary/aromatic N) is 1. The van der Waals surface area contributed by atoms with Crippen LogP contribution in [0.15, 0.2) is 84.9 Å². The summed E-state index contributed by atoms with van der Waals surface area (Å²) in [5.41, 5.74) is 14.4. The number of likely N-dealkylation sites (tertiary alicyclic amines) is 1. The molecule has 242 valence electrons. The number of amides is 4. The molecule has 4 rings (SSSR count). The van der Waals surface area contributed by atoms with Gasteiger partial charge in [0.1, 0.15) is 11.5 Å². The number of hydrogen-bond donors (Lipinski definition) is 4. The van der Waals surface area contributed by atoms with Crippen molar-refractivity contribution in [2.75, 3.05) is 17.6 Å². The Morgan fingerprint density at radius 2 is 1.57 bits per heavy atom. The summed E-state index contributed by atoms with van der Waals surface area (Å²) in [6, 6.07) is 23.6. The number of ether oxygens (including phenoxy) is 1. The molecule has 11 nitrogen and oxygen atoms in total. The first-order valence-electron chi connectivity index (χ1n) is 15.1. The number of nitrogens with two attached hydrogens (primary N) is 2. The molecule has 3 aromatic rings. The van der Waals surface area contributed by atoms with Crippen LogP contribution in [0.25, 0.3) is 0 Å². The SMILES string of the molecule is N[C@@H](CCNC(=O)Oc1ccc(C[C@H](N)C(=O)Nc2ccccc2)cc1)C(=O)CCCSC1CC(=O)N(Cc2ccccc2)C1=O. The first kappa shape index (κ1) is 34.4. The van der Waals surface area contributed by atoms with Crippen molar-refractivity contribution in [3.8, 4) is 5.75 Å². The smallest absolute Gasteiger partial charge is 0.410 e. The summed E-state index contributed by atoms with van der Waals surface area (Å²) in [7, 11) is 0. The molecule has 0 saturated carbocycles. The Hall–Kier alpha value is -4.52. The summed E-state index contributed by atoms with van der Waals surface area (Å²) in [5.74, 6) is 0.0540. The van der Waals surface area contributed by atoms with E-state index in [4.69, 9.17) is 16.2 Å². The number of benzene rings is 3. The summed E-state index contributed by atoms with van der Waals surface area (Å²) < 4.78 is 5.28. The van der Waals surface area contributed by atoms with Gasteiger partial charge in [0.2, 0.25) is 17.7 Å². The topological polar surface area (TPSA) is 174 Å². The summed E-state index contributed by atoms with van der Waals surface area (Å²) in [6.45, 7) is 0.420. The van der Waals surface area contributed by atoms with Crippen LogP contribution in [0, 0.1) is 0 Å². The minimum absolute atomic E-state index is 0.137. The number of ketones is 1. The van der Waals surface area contributed by atoms with Gasteiger partial charge in [0, 0.05) is 25.1 Å². The molecule has 1 heterocycles. The number of carbonyl (C=O) groups excluding carboxylic acids is 5. The number of para-hydroxylation sites is 1. The Labute approximate surface area is 272 Å². The van der Waals surface area contributed by atoms with Gasteiger partial charge in [0.25, 0.3) is 0 Å². The number of Topliss-reactive ketones (excluding diaryl/α,β-unsaturated/α-hetero) is 1. The lowest BCUT2D eigenvalue weighted by Gasteiger charge is -2.15. The van der Waals surface area contributed by atoms with Crippen LogP contribution in [-0.2, 0) is 32.1 Å². The van der Waals surface area contributed by atoms with Gasteiger partial charge in [-0.05, 0) is 60.4 Å². The van der Waals surface area contributed by atoms with Crippen molar-refractivity contribution < 1.29 is 28.7 Å². The summed E-state index contributed by atoms with van der Waals surface area (Å²) in [6.07, 6.45) is 0.805. The van der Waals surface area contributed by atoms with E-state index in [9.17, 15) is 24.0 Å². The van der Waals surface area contributed by atoms with Crippen LogP contribution in [0.3, 0.4) is 0 Å². The molecule has 1 aliphatic heterocycles. The number of thioether (sulfide) groups is 1. The fourth-order valence-corrected chi connectivity index (χ4v) is 5.93. The standard InChI is InChI=1S/C34H39N5O6S/c35-27(29(40)12-7-19-46-30-21-31(41)39(33(30)43)22-24-8-3-1-4-9-24)17-18-37-34(44)45-26-15-13-23(14-16-26)20-28(36)32(42)38-25-10-5-2-6-11-25/h1-6,8-11,13-16,27-28,30H,7,12,17-22,35-36H2,(H,37,44)(H,38,42)/t27-,28-,30?/m0/s1. The number of hydrogen-bond acceptors (Lipinski definition) is 9. The van der Waals surface area contributed by atoms with Crippen molar-refractivity contribution in [3.63, 3.8) is 0 Å². The summed E-state index contributed by atoms with van der Waals surface area (Å²) >= 11 is 1.39. The average Bonchev–Trinajstić information content (AvgIpc) is 3.32. The molecular weight excluding hydrogens is 606 g/mol. The van der Waals surface area contributed by atoms with Crippen LogP contribution in [0.4, 0.5) is 10.5 Å². The Morgan fingerprint density at radius 3 is 2.26 bits per heavy atom. The molecule has 3 aromatic carbocycles. The lowest BCUT2D eigenvalue weighted by molar-refractivity contribution is -0.139. The molecule has 1 fully saturated rings. The van der Waals surface area contributed by atoms with E-state index in [0.29, 0.717) is 30.0 Å². The Morgan fingerprint density at radius 1 is 0.891 bits per heavy atom. The van der Waals surface area contributed by atoms with Crippen molar-refractivity contribution in [2.45, 2.75) is 56.0 Å². The normalized spacial score (nSPS) is 15.7. The average molecular weight is 646 g/mol. The third-order valence-corrected chi connectivity index (χ3v) is 8.67. The Kier molecular flexibility index (Phi) is 12.9. The van der Waals surface area contributed by atoms with Crippen molar-refractivity contribution in [1.82, 2.24) is 10.2 Å². The lowest BCUT2D eigenvalue weighted by atomic mass is 10.1. The summed E-state index contributed by atoms with van der Waals surface area (Å²) in [5, 5.41) is 4.93. The molecule has 3 atom stereocenters. The molecule has 0 spiro atoms. The molecule has 0 bridgehead atoms. The predicted octanol–water partition coefficient (Wildman–Crippen LogP) is 3.41. The van der Waals surface area contributed by atoms with Crippen molar-refractivity contribution in [1.29, 1.82) is 0 Å². The lowest BCUT2D eigenvalue weighted by Crippen LogP contribution is -2.37. The molecule has 6 N–H and O–H groups in total. The minimum Gasteiger partial charge on any atom is -0.410 e. The molecule has 4 amide bonds. The first-order chi connectivity index (χ1) is 22.2. The van der Waals surface area contributed by atoms with E-state index in [0.717, 1.165) is 11.1 Å². The quantitative estimate of drug-likeness (QED) is 0.134. The molecule has 0 aromatic heterocycles. The van der Waals surface area contributed by atoms with E-state index in [1.165, 1.54) is 16.7 Å². The zero-order valence-electron chi connectivity index (χ0n) is 25.4. The van der Waals surface area contributed by atoms with Crippen LogP contribution in [-0.4, -0.2) is 64.1 Å². The van der Waals surface area contributed by atoms with E-state index in [-0.39, 0.29) is 55.9 Å². The third-order valence-electron chi connectivity index (χ3n) is 7.38. The van der Waals surface area contributed by atoms with Gasteiger partial charge in [-0.1, -0.05) is 60.7 Å². The van der Waals surface area contributed by atoms with Crippen molar-refractivity contribution in [3.05, 3.63) is 96.1 Å². The number of rotatable bonds is 16. The molecule has 1 unspecified atom stereocenters. The monoisotopic (exact) mass is 645 g/mol. The Balaban J connectivity index is 1.08. The maximum Gasteiger partial charge on any atom is 0.412 e. The molecule has 0 radical (unpaired) electrons. The van der Waals surface area contributed by atoms with Gasteiger partial charge >= 0.3 is 6.09 Å². The van der Waals surface area contributed by atoms with Gasteiger partial charge in [-0.2, -0.15) is 0 Å². The highest BCUT2D eigenvalue weighted by Gasteiger charge is 2.38. The number of imide groups is 1. The molecule has 0 aliphatic carbocycles. The fraction of sp³-hybridized carbons (Fsp3) is 0.324. The highest BCUT2D eigenvalue weighted by Crippen LogP contribution is 2.27. The molecule has 1 aliphatic rings. The molecule has 46 heavy (non-hydrogen) atoms. The van der Waals surface area contributed by atoms with Gasteiger partial charge in [-0.3, -0.25) is 24.1 Å². The van der Waals surface area contributed by atoms with Crippen LogP contribution in [0.1, 0.15) is 36.8 Å². The van der Waals surface area contributed by atoms with E-state index in [1.807, 2.05) is 48.5 Å². The van der Waals surface area contributed by atoms with Gasteiger partial charge in [0.15, 0.2) is 0 Å². The van der Waals surface area contributed by atoms with E-state index in [2.05, 4.69) is 10.6 Å². The summed E-state index contributed by atoms with van der Waals surface area (Å²) in [4.78, 5) is 63.4. The highest BCUT2D eigenvalue weighted by molar-refractivity contribution is 8.00. The molecule has 1 saturated heterocycles. The predicted molar refractivity (Wildman–Crippen MR) is 177 cm³/mol. The zero-order valence-corrected chi connectivity index (χ0v) is 26.2.